The highest BCUT2D eigenvalue weighted by atomic mass is 31.1. The van der Waals surface area contributed by atoms with Gasteiger partial charge >= 0.3 is 0 Å². The molecular formula is C28H41O7P. The Morgan fingerprint density at radius 1 is 0.667 bits per heavy atom. The van der Waals surface area contributed by atoms with Crippen LogP contribution in [-0.4, -0.2) is 45.2 Å². The molecule has 200 valence electrons. The maximum absolute atomic E-state index is 13.8. The van der Waals surface area contributed by atoms with Gasteiger partial charge in [0.25, 0.3) is 0 Å². The molecule has 36 heavy (non-hydrogen) atoms. The average molecular weight is 521 g/mol. The second kappa shape index (κ2) is 14.2. The van der Waals surface area contributed by atoms with Gasteiger partial charge in [-0.2, -0.15) is 0 Å². The van der Waals surface area contributed by atoms with Gasteiger partial charge in [-0.1, -0.05) is 20.8 Å². The topological polar surface area (TPSA) is 72.5 Å². The number of hydrogen-bond donors (Lipinski definition) is 0. The first kappa shape index (κ1) is 29.6. The maximum Gasteiger partial charge on any atom is 0.193 e. The van der Waals surface area contributed by atoms with Crippen molar-refractivity contribution in [2.75, 3.05) is 21.3 Å². The van der Waals surface area contributed by atoms with Crippen molar-refractivity contribution in [2.24, 2.45) is 0 Å². The zero-order valence-electron chi connectivity index (χ0n) is 23.0. The molecule has 0 aliphatic carbocycles. The Morgan fingerprint density at radius 3 is 1.47 bits per heavy atom. The van der Waals surface area contributed by atoms with Crippen LogP contribution in [0.3, 0.4) is 0 Å². The molecule has 0 N–H and O–H groups in total. The van der Waals surface area contributed by atoms with Crippen molar-refractivity contribution in [3.05, 3.63) is 29.8 Å². The number of benzene rings is 2. The minimum Gasteiger partial charge on any atom is -0.496 e. The lowest BCUT2D eigenvalue weighted by atomic mass is 10.2. The van der Waals surface area contributed by atoms with Crippen LogP contribution >= 0.6 is 8.58 Å². The third kappa shape index (κ3) is 7.67. The van der Waals surface area contributed by atoms with Crippen LogP contribution in [0.15, 0.2) is 24.3 Å². The van der Waals surface area contributed by atoms with Gasteiger partial charge < -0.3 is 28.4 Å². The molecule has 0 heterocycles. The standard InChI is InChI=1S/C28H41O7P/c1-10-17(4)33-21-15-24(34-18(5)11-2)27(25(16-21)35-19(6)12-3)36-28(29)26-22(31-8)13-20(30-7)14-23(26)32-9/h13-19,36H,10-12H2,1-9H3. The summed E-state index contributed by atoms with van der Waals surface area (Å²) >= 11 is 0. The Labute approximate surface area is 217 Å². The molecule has 2 aromatic carbocycles. The van der Waals surface area contributed by atoms with E-state index in [2.05, 4.69) is 20.8 Å². The molecule has 0 radical (unpaired) electrons. The highest BCUT2D eigenvalue weighted by Gasteiger charge is 2.26. The summed E-state index contributed by atoms with van der Waals surface area (Å²) in [4.78, 5) is 13.8. The minimum absolute atomic E-state index is 0.0284. The van der Waals surface area contributed by atoms with Crippen LogP contribution in [0.2, 0.25) is 0 Å². The van der Waals surface area contributed by atoms with Crippen LogP contribution in [0.5, 0.6) is 34.5 Å². The summed E-state index contributed by atoms with van der Waals surface area (Å²) in [6.45, 7) is 12.2. The highest BCUT2D eigenvalue weighted by Crippen LogP contribution is 2.41. The Morgan fingerprint density at radius 2 is 1.08 bits per heavy atom. The molecule has 0 saturated heterocycles. The molecule has 0 aliphatic heterocycles. The molecule has 0 aliphatic rings. The lowest BCUT2D eigenvalue weighted by Gasteiger charge is -2.23. The molecule has 2 rings (SSSR count). The Balaban J connectivity index is 2.65. The minimum atomic E-state index is -0.301. The normalized spacial score (nSPS) is 13.7. The predicted molar refractivity (Wildman–Crippen MR) is 146 cm³/mol. The van der Waals surface area contributed by atoms with E-state index < -0.39 is 0 Å². The molecule has 0 saturated carbocycles. The number of methoxy groups -OCH3 is 3. The van der Waals surface area contributed by atoms with Crippen molar-refractivity contribution in [1.29, 1.82) is 0 Å². The second-order valence-electron chi connectivity index (χ2n) is 8.67. The van der Waals surface area contributed by atoms with Crippen LogP contribution in [0.4, 0.5) is 0 Å². The molecule has 0 spiro atoms. The van der Waals surface area contributed by atoms with Gasteiger partial charge in [-0.3, -0.25) is 4.79 Å². The summed E-state index contributed by atoms with van der Waals surface area (Å²) < 4.78 is 35.1. The first-order valence-electron chi connectivity index (χ1n) is 12.5. The van der Waals surface area contributed by atoms with Crippen LogP contribution < -0.4 is 33.7 Å². The number of rotatable bonds is 15. The van der Waals surface area contributed by atoms with Gasteiger partial charge in [-0.05, 0) is 48.6 Å². The van der Waals surface area contributed by atoms with Crippen molar-refractivity contribution < 1.29 is 33.2 Å². The Kier molecular flexibility index (Phi) is 11.6. The third-order valence-electron chi connectivity index (χ3n) is 5.94. The van der Waals surface area contributed by atoms with E-state index in [1.54, 1.807) is 19.2 Å². The molecule has 7 nitrogen and oxygen atoms in total. The van der Waals surface area contributed by atoms with Gasteiger partial charge in [0.2, 0.25) is 0 Å². The molecule has 4 unspecified atom stereocenters. The number of carbonyl (C=O) groups excluding carboxylic acids is 1. The van der Waals surface area contributed by atoms with E-state index in [-0.39, 0.29) is 32.4 Å². The van der Waals surface area contributed by atoms with Crippen molar-refractivity contribution in [3.63, 3.8) is 0 Å². The molecule has 0 amide bonds. The Bertz CT molecular complexity index is 949. The van der Waals surface area contributed by atoms with E-state index in [1.165, 1.54) is 14.2 Å². The van der Waals surface area contributed by atoms with E-state index >= 15 is 0 Å². The molecule has 0 fully saturated rings. The zero-order valence-corrected chi connectivity index (χ0v) is 24.0. The fourth-order valence-corrected chi connectivity index (χ4v) is 4.37. The van der Waals surface area contributed by atoms with E-state index in [0.717, 1.165) is 19.3 Å². The fraction of sp³-hybridized carbons (Fsp3) is 0.536. The second-order valence-corrected chi connectivity index (χ2v) is 9.87. The fourth-order valence-electron chi connectivity index (χ4n) is 3.26. The molecule has 8 heteroatoms. The van der Waals surface area contributed by atoms with E-state index in [4.69, 9.17) is 28.4 Å². The van der Waals surface area contributed by atoms with Gasteiger partial charge in [-0.15, -0.1) is 0 Å². The van der Waals surface area contributed by atoms with Crippen LogP contribution in [-0.2, 0) is 0 Å². The summed E-state index contributed by atoms with van der Waals surface area (Å²) in [6.07, 6.45) is 2.42. The number of ether oxygens (including phenoxy) is 6. The number of carbonyl (C=O) groups is 1. The zero-order chi connectivity index (χ0) is 26.8. The van der Waals surface area contributed by atoms with Gasteiger partial charge in [0.15, 0.2) is 5.52 Å². The summed E-state index contributed by atoms with van der Waals surface area (Å²) in [7, 11) is 4.29. The van der Waals surface area contributed by atoms with Crippen molar-refractivity contribution in [1.82, 2.24) is 0 Å². The first-order chi connectivity index (χ1) is 17.2. The summed E-state index contributed by atoms with van der Waals surface area (Å²) in [5.74, 6) is 3.13. The molecule has 0 aromatic heterocycles. The lowest BCUT2D eigenvalue weighted by molar-refractivity contribution is 0.108. The molecule has 0 bridgehead atoms. The van der Waals surface area contributed by atoms with Gasteiger partial charge in [0.1, 0.15) is 40.1 Å². The molecule has 2 aromatic rings. The van der Waals surface area contributed by atoms with Crippen molar-refractivity contribution in [2.45, 2.75) is 79.1 Å². The van der Waals surface area contributed by atoms with E-state index in [1.807, 2.05) is 32.9 Å². The average Bonchev–Trinajstić information content (AvgIpc) is 2.88. The molecular weight excluding hydrogens is 479 g/mol. The molecule has 4 atom stereocenters. The predicted octanol–water partition coefficient (Wildman–Crippen LogP) is 6.39. The lowest BCUT2D eigenvalue weighted by Crippen LogP contribution is -2.21. The third-order valence-corrected chi connectivity index (χ3v) is 7.16. The van der Waals surface area contributed by atoms with Gasteiger partial charge in [0, 0.05) is 24.3 Å². The van der Waals surface area contributed by atoms with Crippen LogP contribution in [0, 0.1) is 0 Å². The monoisotopic (exact) mass is 520 g/mol. The largest absolute Gasteiger partial charge is 0.496 e. The summed E-state index contributed by atoms with van der Waals surface area (Å²) in [5.41, 5.74) is 0.188. The Hall–Kier alpha value is -2.66. The first-order valence-corrected chi connectivity index (χ1v) is 13.5. The maximum atomic E-state index is 13.8. The summed E-state index contributed by atoms with van der Waals surface area (Å²) in [6, 6.07) is 7.08. The van der Waals surface area contributed by atoms with Crippen molar-refractivity contribution in [3.8, 4) is 34.5 Å². The van der Waals surface area contributed by atoms with Gasteiger partial charge in [-0.25, -0.2) is 0 Å². The quantitative estimate of drug-likeness (QED) is 0.252. The highest BCUT2D eigenvalue weighted by molar-refractivity contribution is 7.66. The van der Waals surface area contributed by atoms with Crippen LogP contribution in [0.1, 0.15) is 71.2 Å². The van der Waals surface area contributed by atoms with Crippen molar-refractivity contribution >= 4 is 19.4 Å². The SMILES string of the molecule is CCC(C)Oc1cc(OC(C)CC)c(PC(=O)c2c(OC)cc(OC)cc2OC)c(OC(C)CC)c1. The summed E-state index contributed by atoms with van der Waals surface area (Å²) in [5, 5.41) is 0.692. The van der Waals surface area contributed by atoms with Crippen LogP contribution in [0.25, 0.3) is 0 Å². The van der Waals surface area contributed by atoms with E-state index in [0.29, 0.717) is 45.4 Å². The van der Waals surface area contributed by atoms with Gasteiger partial charge in [0.05, 0.1) is 44.9 Å². The van der Waals surface area contributed by atoms with E-state index in [9.17, 15) is 4.79 Å². The number of hydrogen-bond acceptors (Lipinski definition) is 7. The smallest absolute Gasteiger partial charge is 0.193 e.